The molecule has 0 radical (unpaired) electrons. The van der Waals surface area contributed by atoms with E-state index in [0.717, 1.165) is 11.6 Å². The summed E-state index contributed by atoms with van der Waals surface area (Å²) in [5, 5.41) is 9.22. The Balaban J connectivity index is 2.09. The predicted octanol–water partition coefficient (Wildman–Crippen LogP) is 2.31. The molecule has 0 bridgehead atoms. The molecule has 0 saturated heterocycles. The van der Waals surface area contributed by atoms with Gasteiger partial charge in [-0.25, -0.2) is 0 Å². The molecule has 72 valence electrons. The van der Waals surface area contributed by atoms with Crippen LogP contribution in [0.25, 0.3) is 5.65 Å². The molecule has 1 N–H and O–H groups in total. The largest absolute Gasteiger partial charge is 0.492 e. The van der Waals surface area contributed by atoms with E-state index < -0.39 is 0 Å². The first kappa shape index (κ1) is 7.85. The molecule has 0 aromatic carbocycles. The quantitative estimate of drug-likeness (QED) is 0.745. The van der Waals surface area contributed by atoms with Gasteiger partial charge in [-0.2, -0.15) is 4.98 Å². The first-order valence-electron chi connectivity index (χ1n) is 5.00. The van der Waals surface area contributed by atoms with Gasteiger partial charge in [0.05, 0.1) is 6.20 Å². The Morgan fingerprint density at radius 3 is 3.00 bits per heavy atom. The summed E-state index contributed by atoms with van der Waals surface area (Å²) in [5.74, 6) is 0.814. The molecule has 0 unspecified atom stereocenters. The molecule has 3 rings (SSSR count). The standard InChI is InChI=1S/C11H12N2O/c14-11-7-13-5-4-9(6-10(13)12-11)8-2-1-3-8/h4-8,14H,1-3H2. The smallest absolute Gasteiger partial charge is 0.230 e. The molecule has 1 saturated carbocycles. The van der Waals surface area contributed by atoms with Gasteiger partial charge < -0.3 is 9.51 Å². The maximum atomic E-state index is 9.22. The molecule has 0 aliphatic heterocycles. The third-order valence-electron chi connectivity index (χ3n) is 3.05. The van der Waals surface area contributed by atoms with Crippen molar-refractivity contribution in [3.63, 3.8) is 0 Å². The normalized spacial score (nSPS) is 17.1. The van der Waals surface area contributed by atoms with Crippen LogP contribution in [-0.2, 0) is 0 Å². The molecule has 1 aliphatic rings. The molecule has 2 heterocycles. The summed E-state index contributed by atoms with van der Waals surface area (Å²) >= 11 is 0. The first-order chi connectivity index (χ1) is 6.83. The van der Waals surface area contributed by atoms with Gasteiger partial charge in [-0.05, 0) is 36.5 Å². The number of rotatable bonds is 1. The number of hydrogen-bond donors (Lipinski definition) is 1. The van der Waals surface area contributed by atoms with Gasteiger partial charge in [0.25, 0.3) is 0 Å². The monoisotopic (exact) mass is 188 g/mol. The summed E-state index contributed by atoms with van der Waals surface area (Å²) < 4.78 is 1.84. The van der Waals surface area contributed by atoms with E-state index in [4.69, 9.17) is 0 Å². The van der Waals surface area contributed by atoms with Crippen molar-refractivity contribution in [3.05, 3.63) is 30.1 Å². The van der Waals surface area contributed by atoms with Crippen molar-refractivity contribution in [3.8, 4) is 5.88 Å². The summed E-state index contributed by atoms with van der Waals surface area (Å²) in [6.45, 7) is 0. The molecular weight excluding hydrogens is 176 g/mol. The van der Waals surface area contributed by atoms with E-state index >= 15 is 0 Å². The highest BCUT2D eigenvalue weighted by Crippen LogP contribution is 2.36. The van der Waals surface area contributed by atoms with E-state index in [-0.39, 0.29) is 5.88 Å². The van der Waals surface area contributed by atoms with Crippen LogP contribution < -0.4 is 0 Å². The maximum absolute atomic E-state index is 9.22. The van der Waals surface area contributed by atoms with Crippen LogP contribution in [-0.4, -0.2) is 14.5 Å². The van der Waals surface area contributed by atoms with Crippen LogP contribution in [0.15, 0.2) is 24.5 Å². The number of aromatic nitrogens is 2. The van der Waals surface area contributed by atoms with Crippen molar-refractivity contribution >= 4 is 5.65 Å². The van der Waals surface area contributed by atoms with Gasteiger partial charge >= 0.3 is 0 Å². The van der Waals surface area contributed by atoms with Crippen LogP contribution in [0.5, 0.6) is 5.88 Å². The Bertz CT molecular complexity index is 471. The zero-order chi connectivity index (χ0) is 9.54. The summed E-state index contributed by atoms with van der Waals surface area (Å²) in [7, 11) is 0. The highest BCUT2D eigenvalue weighted by Gasteiger charge is 2.19. The van der Waals surface area contributed by atoms with Gasteiger partial charge in [0.15, 0.2) is 0 Å². The summed E-state index contributed by atoms with van der Waals surface area (Å²) in [4.78, 5) is 4.03. The fourth-order valence-electron chi connectivity index (χ4n) is 1.98. The van der Waals surface area contributed by atoms with E-state index in [2.05, 4.69) is 17.1 Å². The van der Waals surface area contributed by atoms with Crippen molar-refractivity contribution in [1.82, 2.24) is 9.38 Å². The Morgan fingerprint density at radius 1 is 1.43 bits per heavy atom. The number of imidazole rings is 1. The Morgan fingerprint density at radius 2 is 2.29 bits per heavy atom. The van der Waals surface area contributed by atoms with Gasteiger partial charge in [0.2, 0.25) is 5.88 Å². The molecule has 2 aromatic rings. The third-order valence-corrected chi connectivity index (χ3v) is 3.05. The molecule has 0 atom stereocenters. The summed E-state index contributed by atoms with van der Waals surface area (Å²) in [5.41, 5.74) is 2.20. The van der Waals surface area contributed by atoms with Gasteiger partial charge in [0.1, 0.15) is 5.65 Å². The van der Waals surface area contributed by atoms with Crippen molar-refractivity contribution in [2.24, 2.45) is 0 Å². The minimum Gasteiger partial charge on any atom is -0.492 e. The lowest BCUT2D eigenvalue weighted by Gasteiger charge is -2.25. The molecule has 2 aromatic heterocycles. The number of aromatic hydroxyl groups is 1. The van der Waals surface area contributed by atoms with Gasteiger partial charge in [0, 0.05) is 6.20 Å². The first-order valence-corrected chi connectivity index (χ1v) is 5.00. The zero-order valence-electron chi connectivity index (χ0n) is 7.85. The predicted molar refractivity (Wildman–Crippen MR) is 53.4 cm³/mol. The molecule has 1 fully saturated rings. The summed E-state index contributed by atoms with van der Waals surface area (Å²) in [6.07, 6.45) is 7.52. The highest BCUT2D eigenvalue weighted by molar-refractivity contribution is 5.45. The zero-order valence-corrected chi connectivity index (χ0v) is 7.85. The van der Waals surface area contributed by atoms with Crippen LogP contribution >= 0.6 is 0 Å². The average molecular weight is 188 g/mol. The minimum atomic E-state index is 0.0933. The lowest BCUT2D eigenvalue weighted by Crippen LogP contribution is -2.08. The fourth-order valence-corrected chi connectivity index (χ4v) is 1.98. The molecule has 14 heavy (non-hydrogen) atoms. The summed E-state index contributed by atoms with van der Waals surface area (Å²) in [6, 6.07) is 4.20. The number of fused-ring (bicyclic) bond motifs is 1. The van der Waals surface area contributed by atoms with Crippen LogP contribution in [0.2, 0.25) is 0 Å². The second kappa shape index (κ2) is 2.74. The number of pyridine rings is 1. The highest BCUT2D eigenvalue weighted by atomic mass is 16.3. The number of hydrogen-bond acceptors (Lipinski definition) is 2. The second-order valence-corrected chi connectivity index (χ2v) is 3.95. The fraction of sp³-hybridized carbons (Fsp3) is 0.364. The van der Waals surface area contributed by atoms with Crippen molar-refractivity contribution < 1.29 is 5.11 Å². The van der Waals surface area contributed by atoms with E-state index in [1.165, 1.54) is 24.8 Å². The van der Waals surface area contributed by atoms with Crippen LogP contribution in [0.1, 0.15) is 30.7 Å². The molecular formula is C11H12N2O. The molecule has 0 spiro atoms. The van der Waals surface area contributed by atoms with Crippen molar-refractivity contribution in [1.29, 1.82) is 0 Å². The lowest BCUT2D eigenvalue weighted by atomic mass is 9.80. The van der Waals surface area contributed by atoms with E-state index in [9.17, 15) is 5.11 Å². The average Bonchev–Trinajstić information content (AvgIpc) is 2.40. The van der Waals surface area contributed by atoms with E-state index in [1.807, 2.05) is 10.6 Å². The third kappa shape index (κ3) is 1.09. The molecule has 1 aliphatic carbocycles. The van der Waals surface area contributed by atoms with Gasteiger partial charge in [-0.3, -0.25) is 0 Å². The minimum absolute atomic E-state index is 0.0933. The van der Waals surface area contributed by atoms with Crippen molar-refractivity contribution in [2.75, 3.05) is 0 Å². The SMILES string of the molecule is Oc1cn2ccc(C3CCC3)cc2n1. The second-order valence-electron chi connectivity index (χ2n) is 3.95. The van der Waals surface area contributed by atoms with Gasteiger partial charge in [-0.15, -0.1) is 0 Å². The topological polar surface area (TPSA) is 37.5 Å². The Hall–Kier alpha value is -1.51. The number of nitrogens with zero attached hydrogens (tertiary/aromatic N) is 2. The molecule has 3 heteroatoms. The molecule has 0 amide bonds. The van der Waals surface area contributed by atoms with Crippen LogP contribution in [0.4, 0.5) is 0 Å². The Kier molecular flexibility index (Phi) is 1.54. The van der Waals surface area contributed by atoms with Gasteiger partial charge in [-0.1, -0.05) is 6.42 Å². The molecule has 3 nitrogen and oxygen atoms in total. The van der Waals surface area contributed by atoms with Crippen LogP contribution in [0, 0.1) is 0 Å². The van der Waals surface area contributed by atoms with Crippen LogP contribution in [0.3, 0.4) is 0 Å². The van der Waals surface area contributed by atoms with E-state index in [0.29, 0.717) is 0 Å². The lowest BCUT2D eigenvalue weighted by molar-refractivity contribution is 0.419. The van der Waals surface area contributed by atoms with E-state index in [1.54, 1.807) is 6.20 Å². The Labute approximate surface area is 82.0 Å². The maximum Gasteiger partial charge on any atom is 0.230 e. The van der Waals surface area contributed by atoms with Crippen molar-refractivity contribution in [2.45, 2.75) is 25.2 Å².